The van der Waals surface area contributed by atoms with Gasteiger partial charge in [0.25, 0.3) is 0 Å². The zero-order valence-corrected chi connectivity index (χ0v) is 9.75. The van der Waals surface area contributed by atoms with Crippen molar-refractivity contribution in [2.45, 2.75) is 6.92 Å². The van der Waals surface area contributed by atoms with Gasteiger partial charge < -0.3 is 0 Å². The highest BCUT2D eigenvalue weighted by Crippen LogP contribution is 2.00. The van der Waals surface area contributed by atoms with E-state index in [-0.39, 0.29) is 0 Å². The minimum Gasteiger partial charge on any atom is -0.159 e. The molecule has 0 atom stereocenters. The Labute approximate surface area is 101 Å². The molecule has 2 aromatic carbocycles. The maximum Gasteiger partial charge on any atom is 0.0568 e. The van der Waals surface area contributed by atoms with Gasteiger partial charge in [0.15, 0.2) is 0 Å². The number of rotatable bonds is 3. The molecular formula is C15H14N2. The summed E-state index contributed by atoms with van der Waals surface area (Å²) in [6.07, 6.45) is 3.49. The van der Waals surface area contributed by atoms with Crippen molar-refractivity contribution in [1.29, 1.82) is 0 Å². The quantitative estimate of drug-likeness (QED) is 0.561. The number of benzene rings is 2. The molecule has 2 heteroatoms. The van der Waals surface area contributed by atoms with Crippen molar-refractivity contribution in [2.75, 3.05) is 0 Å². The highest BCUT2D eigenvalue weighted by atomic mass is 15.2. The van der Waals surface area contributed by atoms with Crippen LogP contribution in [0.3, 0.4) is 0 Å². The summed E-state index contributed by atoms with van der Waals surface area (Å²) in [7, 11) is 0. The molecule has 0 saturated heterocycles. The predicted octanol–water partition coefficient (Wildman–Crippen LogP) is 3.45. The van der Waals surface area contributed by atoms with Gasteiger partial charge in [-0.2, -0.15) is 10.2 Å². The molecule has 0 saturated carbocycles. The smallest absolute Gasteiger partial charge is 0.0568 e. The Morgan fingerprint density at radius 2 is 1.24 bits per heavy atom. The van der Waals surface area contributed by atoms with Gasteiger partial charge in [-0.05, 0) is 18.1 Å². The SMILES string of the molecule is Cc1ccc(/C=N/N=C/c2ccccc2)cc1. The fourth-order valence-electron chi connectivity index (χ4n) is 1.39. The van der Waals surface area contributed by atoms with Crippen LogP contribution >= 0.6 is 0 Å². The molecular weight excluding hydrogens is 208 g/mol. The third-order valence-electron chi connectivity index (χ3n) is 2.36. The molecule has 0 heterocycles. The Bertz CT molecular complexity index is 510. The van der Waals surface area contributed by atoms with Crippen LogP contribution in [-0.4, -0.2) is 12.4 Å². The first-order valence-electron chi connectivity index (χ1n) is 5.53. The van der Waals surface area contributed by atoms with E-state index in [0.717, 1.165) is 11.1 Å². The Morgan fingerprint density at radius 1 is 0.706 bits per heavy atom. The summed E-state index contributed by atoms with van der Waals surface area (Å²) in [4.78, 5) is 0. The van der Waals surface area contributed by atoms with Gasteiger partial charge in [-0.3, -0.25) is 0 Å². The van der Waals surface area contributed by atoms with Crippen molar-refractivity contribution in [2.24, 2.45) is 10.2 Å². The van der Waals surface area contributed by atoms with Crippen LogP contribution < -0.4 is 0 Å². The van der Waals surface area contributed by atoms with E-state index < -0.39 is 0 Å². The van der Waals surface area contributed by atoms with Crippen molar-refractivity contribution in [3.05, 3.63) is 71.3 Å². The average molecular weight is 222 g/mol. The van der Waals surface area contributed by atoms with E-state index in [9.17, 15) is 0 Å². The normalized spacial score (nSPS) is 11.4. The van der Waals surface area contributed by atoms with E-state index in [2.05, 4.69) is 29.3 Å². The molecule has 0 aliphatic rings. The molecule has 0 unspecified atom stereocenters. The van der Waals surface area contributed by atoms with Gasteiger partial charge in [-0.25, -0.2) is 0 Å². The topological polar surface area (TPSA) is 24.7 Å². The van der Waals surface area contributed by atoms with E-state index in [1.807, 2.05) is 42.5 Å². The van der Waals surface area contributed by atoms with Crippen LogP contribution in [-0.2, 0) is 0 Å². The summed E-state index contributed by atoms with van der Waals surface area (Å²) in [5.74, 6) is 0. The van der Waals surface area contributed by atoms with Gasteiger partial charge >= 0.3 is 0 Å². The van der Waals surface area contributed by atoms with Crippen molar-refractivity contribution in [1.82, 2.24) is 0 Å². The lowest BCUT2D eigenvalue weighted by Gasteiger charge is -1.92. The molecule has 84 valence electrons. The molecule has 0 aromatic heterocycles. The fraction of sp³-hybridized carbons (Fsp3) is 0.0667. The zero-order chi connectivity index (χ0) is 11.9. The van der Waals surface area contributed by atoms with Crippen LogP contribution in [0.25, 0.3) is 0 Å². The summed E-state index contributed by atoms with van der Waals surface area (Å²) < 4.78 is 0. The molecule has 2 rings (SSSR count). The van der Waals surface area contributed by atoms with Crippen molar-refractivity contribution in [3.8, 4) is 0 Å². The monoisotopic (exact) mass is 222 g/mol. The van der Waals surface area contributed by atoms with Gasteiger partial charge in [0.1, 0.15) is 0 Å². The largest absolute Gasteiger partial charge is 0.159 e. The summed E-state index contributed by atoms with van der Waals surface area (Å²) in [6, 6.07) is 18.1. The Balaban J connectivity index is 1.98. The Kier molecular flexibility index (Phi) is 3.81. The van der Waals surface area contributed by atoms with Gasteiger partial charge in [-0.15, -0.1) is 0 Å². The van der Waals surface area contributed by atoms with Crippen LogP contribution in [0.1, 0.15) is 16.7 Å². The highest BCUT2D eigenvalue weighted by molar-refractivity contribution is 5.82. The maximum absolute atomic E-state index is 4.01. The fourth-order valence-corrected chi connectivity index (χ4v) is 1.39. The zero-order valence-electron chi connectivity index (χ0n) is 9.75. The number of hydrogen-bond donors (Lipinski definition) is 0. The van der Waals surface area contributed by atoms with Gasteiger partial charge in [0, 0.05) is 0 Å². The van der Waals surface area contributed by atoms with Gasteiger partial charge in [-0.1, -0.05) is 60.2 Å². The summed E-state index contributed by atoms with van der Waals surface area (Å²) in [5.41, 5.74) is 3.35. The first-order valence-corrected chi connectivity index (χ1v) is 5.53. The summed E-state index contributed by atoms with van der Waals surface area (Å²) >= 11 is 0. The van der Waals surface area contributed by atoms with Crippen LogP contribution in [0.15, 0.2) is 64.8 Å². The molecule has 0 N–H and O–H groups in total. The van der Waals surface area contributed by atoms with E-state index in [0.29, 0.717) is 0 Å². The third kappa shape index (κ3) is 3.68. The average Bonchev–Trinajstić information content (AvgIpc) is 2.38. The second-order valence-corrected chi connectivity index (χ2v) is 3.81. The molecule has 17 heavy (non-hydrogen) atoms. The Morgan fingerprint density at radius 3 is 1.82 bits per heavy atom. The lowest BCUT2D eigenvalue weighted by atomic mass is 10.2. The van der Waals surface area contributed by atoms with Crippen LogP contribution in [0.2, 0.25) is 0 Å². The molecule has 0 radical (unpaired) electrons. The lowest BCUT2D eigenvalue weighted by molar-refractivity contribution is 1.26. The van der Waals surface area contributed by atoms with E-state index in [4.69, 9.17) is 0 Å². The standard InChI is InChI=1S/C15H14N2/c1-13-7-9-15(10-8-13)12-17-16-11-14-5-3-2-4-6-14/h2-12H,1H3/b16-11+,17-12+. The first kappa shape index (κ1) is 11.3. The van der Waals surface area contributed by atoms with E-state index in [1.54, 1.807) is 12.4 Å². The first-order chi connectivity index (χ1) is 8.34. The minimum absolute atomic E-state index is 1.05. The van der Waals surface area contributed by atoms with Crippen molar-refractivity contribution in [3.63, 3.8) is 0 Å². The number of hydrogen-bond acceptors (Lipinski definition) is 2. The van der Waals surface area contributed by atoms with E-state index >= 15 is 0 Å². The van der Waals surface area contributed by atoms with Crippen LogP contribution in [0, 0.1) is 6.92 Å². The molecule has 0 aliphatic heterocycles. The molecule has 2 aromatic rings. The lowest BCUT2D eigenvalue weighted by Crippen LogP contribution is -1.81. The molecule has 0 fully saturated rings. The van der Waals surface area contributed by atoms with Gasteiger partial charge in [0.05, 0.1) is 12.4 Å². The van der Waals surface area contributed by atoms with E-state index in [1.165, 1.54) is 5.56 Å². The molecule has 0 aliphatic carbocycles. The second-order valence-electron chi connectivity index (χ2n) is 3.81. The highest BCUT2D eigenvalue weighted by Gasteiger charge is 1.86. The van der Waals surface area contributed by atoms with Crippen LogP contribution in [0.5, 0.6) is 0 Å². The molecule has 2 nitrogen and oxygen atoms in total. The number of aryl methyl sites for hydroxylation is 1. The van der Waals surface area contributed by atoms with Crippen molar-refractivity contribution >= 4 is 12.4 Å². The molecule has 0 bridgehead atoms. The molecule has 0 amide bonds. The minimum atomic E-state index is 1.05. The maximum atomic E-state index is 4.01. The predicted molar refractivity (Wildman–Crippen MR) is 72.8 cm³/mol. The summed E-state index contributed by atoms with van der Waals surface area (Å²) in [5, 5.41) is 8.01. The van der Waals surface area contributed by atoms with Crippen LogP contribution in [0.4, 0.5) is 0 Å². The molecule has 0 spiro atoms. The second kappa shape index (κ2) is 5.75. The van der Waals surface area contributed by atoms with Gasteiger partial charge in [0.2, 0.25) is 0 Å². The third-order valence-corrected chi connectivity index (χ3v) is 2.36. The number of nitrogens with zero attached hydrogens (tertiary/aromatic N) is 2. The summed E-state index contributed by atoms with van der Waals surface area (Å²) in [6.45, 7) is 2.06. The Hall–Kier alpha value is -2.22. The van der Waals surface area contributed by atoms with Crippen molar-refractivity contribution < 1.29 is 0 Å².